The number of nitrogens with zero attached hydrogens (tertiary/aromatic N) is 2. The highest BCUT2D eigenvalue weighted by molar-refractivity contribution is 5.62. The van der Waals surface area contributed by atoms with Crippen LogP contribution in [0.2, 0.25) is 0 Å². The number of rotatable bonds is 4. The molecule has 0 amide bonds. The van der Waals surface area contributed by atoms with Gasteiger partial charge in [-0.1, -0.05) is 12.1 Å². The summed E-state index contributed by atoms with van der Waals surface area (Å²) in [6.07, 6.45) is -1.12. The number of hydrogen-bond acceptors (Lipinski definition) is 3. The third kappa shape index (κ3) is 4.31. The molecule has 0 atom stereocenters. The van der Waals surface area contributed by atoms with E-state index in [0.717, 1.165) is 0 Å². The lowest BCUT2D eigenvalue weighted by Gasteiger charge is -2.04. The van der Waals surface area contributed by atoms with Gasteiger partial charge < -0.3 is 4.74 Å². The molecule has 0 bridgehead atoms. The van der Waals surface area contributed by atoms with Gasteiger partial charge in [0.25, 0.3) is 6.43 Å². The Balaban J connectivity index is 2.73. The molecule has 0 unspecified atom stereocenters. The molecule has 1 aromatic carbocycles. The average Bonchev–Trinajstić information content (AvgIpc) is 2.34. The zero-order chi connectivity index (χ0) is 12.7. The predicted octanol–water partition coefficient (Wildman–Crippen LogP) is 2.76. The molecular weight excluding hydrogens is 226 g/mol. The van der Waals surface area contributed by atoms with Crippen LogP contribution in [0.4, 0.5) is 8.78 Å². The summed E-state index contributed by atoms with van der Waals surface area (Å²) in [6, 6.07) is 9.61. The fourth-order valence-electron chi connectivity index (χ4n) is 1.08. The minimum atomic E-state index is -2.52. The van der Waals surface area contributed by atoms with E-state index in [9.17, 15) is 8.78 Å². The van der Waals surface area contributed by atoms with Crippen molar-refractivity contribution >= 4 is 6.08 Å². The van der Waals surface area contributed by atoms with E-state index in [1.54, 1.807) is 24.3 Å². The maximum absolute atomic E-state index is 11.9. The van der Waals surface area contributed by atoms with Gasteiger partial charge in [0.1, 0.15) is 30.1 Å². The van der Waals surface area contributed by atoms with Gasteiger partial charge >= 0.3 is 0 Å². The largest absolute Gasteiger partial charge is 0.488 e. The molecule has 17 heavy (non-hydrogen) atoms. The smallest absolute Gasteiger partial charge is 0.272 e. The van der Waals surface area contributed by atoms with Gasteiger partial charge in [-0.25, -0.2) is 8.78 Å². The van der Waals surface area contributed by atoms with E-state index >= 15 is 0 Å². The minimum Gasteiger partial charge on any atom is -0.488 e. The monoisotopic (exact) mass is 234 g/mol. The Bertz CT molecular complexity index is 465. The highest BCUT2D eigenvalue weighted by atomic mass is 19.3. The van der Waals surface area contributed by atoms with Crippen LogP contribution in [0, 0.1) is 22.7 Å². The fourth-order valence-corrected chi connectivity index (χ4v) is 1.08. The standard InChI is InChI=1S/C12H8F2N2O/c13-12(14)8-17-11-3-1-9(2-4-11)5-10(6-15)7-16/h1-5,12H,8H2. The highest BCUT2D eigenvalue weighted by Crippen LogP contribution is 2.15. The molecule has 0 aliphatic heterocycles. The van der Waals surface area contributed by atoms with E-state index < -0.39 is 13.0 Å². The van der Waals surface area contributed by atoms with Crippen LogP contribution in [0.1, 0.15) is 5.56 Å². The van der Waals surface area contributed by atoms with Crippen molar-refractivity contribution in [3.05, 3.63) is 35.4 Å². The van der Waals surface area contributed by atoms with Crippen LogP contribution in [-0.4, -0.2) is 13.0 Å². The van der Waals surface area contributed by atoms with Crippen LogP contribution in [0.5, 0.6) is 5.75 Å². The Morgan fingerprint density at radius 2 is 1.82 bits per heavy atom. The molecule has 86 valence electrons. The Hall–Kier alpha value is -2.40. The zero-order valence-electron chi connectivity index (χ0n) is 8.73. The Labute approximate surface area is 97.2 Å². The van der Waals surface area contributed by atoms with Gasteiger partial charge in [0, 0.05) is 0 Å². The van der Waals surface area contributed by atoms with Crippen molar-refractivity contribution in [2.24, 2.45) is 0 Å². The fraction of sp³-hybridized carbons (Fsp3) is 0.167. The summed E-state index contributed by atoms with van der Waals surface area (Å²) in [5.41, 5.74) is 0.610. The van der Waals surface area contributed by atoms with Gasteiger partial charge in [-0.2, -0.15) is 10.5 Å². The van der Waals surface area contributed by atoms with Crippen LogP contribution in [0.3, 0.4) is 0 Å². The molecule has 0 spiro atoms. The molecule has 0 aromatic heterocycles. The Morgan fingerprint density at radius 3 is 2.29 bits per heavy atom. The first kappa shape index (κ1) is 12.7. The zero-order valence-corrected chi connectivity index (χ0v) is 8.73. The number of benzene rings is 1. The van der Waals surface area contributed by atoms with Crippen molar-refractivity contribution in [3.8, 4) is 17.9 Å². The molecule has 1 aromatic rings. The second-order valence-corrected chi connectivity index (χ2v) is 3.05. The summed E-state index contributed by atoms with van der Waals surface area (Å²) in [4.78, 5) is 0. The summed E-state index contributed by atoms with van der Waals surface area (Å²) >= 11 is 0. The predicted molar refractivity (Wildman–Crippen MR) is 57.1 cm³/mol. The summed E-state index contributed by atoms with van der Waals surface area (Å²) in [5.74, 6) is 0.318. The average molecular weight is 234 g/mol. The van der Waals surface area contributed by atoms with Crippen molar-refractivity contribution < 1.29 is 13.5 Å². The molecular formula is C12H8F2N2O. The van der Waals surface area contributed by atoms with Crippen molar-refractivity contribution in [1.29, 1.82) is 10.5 Å². The van der Waals surface area contributed by atoms with Crippen molar-refractivity contribution in [3.63, 3.8) is 0 Å². The summed E-state index contributed by atoms with van der Waals surface area (Å²) < 4.78 is 28.5. The van der Waals surface area contributed by atoms with E-state index in [1.807, 2.05) is 0 Å². The third-order valence-corrected chi connectivity index (χ3v) is 1.81. The van der Waals surface area contributed by atoms with Gasteiger partial charge in [-0.3, -0.25) is 0 Å². The molecule has 5 heteroatoms. The Morgan fingerprint density at radius 1 is 1.24 bits per heavy atom. The topological polar surface area (TPSA) is 56.8 Å². The Kier molecular flexibility index (Phi) is 4.65. The van der Waals surface area contributed by atoms with Gasteiger partial charge in [-0.05, 0) is 23.8 Å². The summed E-state index contributed by atoms with van der Waals surface area (Å²) in [7, 11) is 0. The molecule has 0 fully saturated rings. The normalized spacial score (nSPS) is 9.24. The number of nitriles is 2. The lowest BCUT2D eigenvalue weighted by molar-refractivity contribution is 0.0819. The highest BCUT2D eigenvalue weighted by Gasteiger charge is 2.03. The number of halogens is 2. The van der Waals surface area contributed by atoms with E-state index in [1.165, 1.54) is 18.2 Å². The first-order valence-corrected chi connectivity index (χ1v) is 4.68. The van der Waals surface area contributed by atoms with Gasteiger partial charge in [-0.15, -0.1) is 0 Å². The quantitative estimate of drug-likeness (QED) is 0.752. The lowest BCUT2D eigenvalue weighted by Crippen LogP contribution is -2.06. The van der Waals surface area contributed by atoms with E-state index in [4.69, 9.17) is 15.3 Å². The molecule has 0 N–H and O–H groups in total. The molecule has 0 heterocycles. The van der Waals surface area contributed by atoms with Gasteiger partial charge in [0.15, 0.2) is 0 Å². The lowest BCUT2D eigenvalue weighted by atomic mass is 10.1. The molecule has 3 nitrogen and oxygen atoms in total. The van der Waals surface area contributed by atoms with Crippen LogP contribution in [0.15, 0.2) is 29.8 Å². The van der Waals surface area contributed by atoms with E-state index in [-0.39, 0.29) is 5.57 Å². The van der Waals surface area contributed by atoms with Crippen LogP contribution < -0.4 is 4.74 Å². The van der Waals surface area contributed by atoms with Crippen LogP contribution in [-0.2, 0) is 0 Å². The minimum absolute atomic E-state index is 0.0220. The molecule has 0 aliphatic rings. The first-order valence-electron chi connectivity index (χ1n) is 4.68. The number of ether oxygens (including phenoxy) is 1. The number of allylic oxidation sites excluding steroid dienone is 1. The van der Waals surface area contributed by atoms with E-state index in [0.29, 0.717) is 11.3 Å². The molecule has 0 aliphatic carbocycles. The number of hydrogen-bond donors (Lipinski definition) is 0. The van der Waals surface area contributed by atoms with Crippen molar-refractivity contribution in [2.45, 2.75) is 6.43 Å². The number of alkyl halides is 2. The SMILES string of the molecule is N#CC(C#N)=Cc1ccc(OCC(F)F)cc1. The first-order chi connectivity index (χ1) is 8.15. The van der Waals surface area contributed by atoms with E-state index in [2.05, 4.69) is 0 Å². The second kappa shape index (κ2) is 6.24. The second-order valence-electron chi connectivity index (χ2n) is 3.05. The molecule has 1 rings (SSSR count). The molecule has 0 radical (unpaired) electrons. The van der Waals surface area contributed by atoms with Crippen molar-refractivity contribution in [2.75, 3.05) is 6.61 Å². The van der Waals surface area contributed by atoms with Gasteiger partial charge in [0.2, 0.25) is 0 Å². The summed E-state index contributed by atoms with van der Waals surface area (Å²) in [5, 5.41) is 17.1. The third-order valence-electron chi connectivity index (χ3n) is 1.81. The maximum Gasteiger partial charge on any atom is 0.272 e. The summed E-state index contributed by atoms with van der Waals surface area (Å²) in [6.45, 7) is -0.656. The maximum atomic E-state index is 11.9. The molecule has 0 saturated heterocycles. The van der Waals surface area contributed by atoms with Crippen LogP contribution in [0.25, 0.3) is 6.08 Å². The van der Waals surface area contributed by atoms with Crippen LogP contribution >= 0.6 is 0 Å². The van der Waals surface area contributed by atoms with Crippen molar-refractivity contribution in [1.82, 2.24) is 0 Å². The molecule has 0 saturated carbocycles. The van der Waals surface area contributed by atoms with Gasteiger partial charge in [0.05, 0.1) is 0 Å².